The SMILES string of the molecule is CN1C(=O)NC2COCC2(C)C1=O. The van der Waals surface area contributed by atoms with Gasteiger partial charge in [-0.15, -0.1) is 0 Å². The van der Waals surface area contributed by atoms with Crippen molar-refractivity contribution in [3.05, 3.63) is 0 Å². The van der Waals surface area contributed by atoms with Gasteiger partial charge in [0.1, 0.15) is 0 Å². The summed E-state index contributed by atoms with van der Waals surface area (Å²) in [5.74, 6) is -0.154. The highest BCUT2D eigenvalue weighted by Gasteiger charge is 2.52. The summed E-state index contributed by atoms with van der Waals surface area (Å²) in [6, 6.07) is -0.498. The average molecular weight is 184 g/mol. The summed E-state index contributed by atoms with van der Waals surface area (Å²) in [6.07, 6.45) is 0. The van der Waals surface area contributed by atoms with Crippen LogP contribution in [-0.4, -0.2) is 43.1 Å². The number of nitrogens with zero attached hydrogens (tertiary/aromatic N) is 1. The van der Waals surface area contributed by atoms with Gasteiger partial charge < -0.3 is 10.1 Å². The number of hydrogen-bond donors (Lipinski definition) is 1. The average Bonchev–Trinajstić information content (AvgIpc) is 2.45. The van der Waals surface area contributed by atoms with E-state index < -0.39 is 5.41 Å². The van der Waals surface area contributed by atoms with Gasteiger partial charge in [-0.05, 0) is 6.92 Å². The number of fused-ring (bicyclic) bond motifs is 1. The van der Waals surface area contributed by atoms with Gasteiger partial charge in [0.05, 0.1) is 24.7 Å². The first kappa shape index (κ1) is 8.50. The Hall–Kier alpha value is -1.10. The summed E-state index contributed by atoms with van der Waals surface area (Å²) in [7, 11) is 1.48. The summed E-state index contributed by atoms with van der Waals surface area (Å²) in [6.45, 7) is 2.64. The summed E-state index contributed by atoms with van der Waals surface area (Å²) < 4.78 is 5.20. The summed E-state index contributed by atoms with van der Waals surface area (Å²) >= 11 is 0. The third-order valence-electron chi connectivity index (χ3n) is 2.85. The number of rotatable bonds is 0. The third kappa shape index (κ3) is 0.966. The predicted octanol–water partition coefficient (Wildman–Crippen LogP) is -0.427. The van der Waals surface area contributed by atoms with Gasteiger partial charge in [-0.3, -0.25) is 9.69 Å². The van der Waals surface area contributed by atoms with Gasteiger partial charge in [-0.25, -0.2) is 4.79 Å². The molecule has 0 aromatic heterocycles. The normalized spacial score (nSPS) is 38.9. The molecule has 1 N–H and O–H groups in total. The Morgan fingerprint density at radius 3 is 3.00 bits per heavy atom. The lowest BCUT2D eigenvalue weighted by Gasteiger charge is -2.37. The van der Waals surface area contributed by atoms with E-state index in [4.69, 9.17) is 4.74 Å². The molecule has 2 rings (SSSR count). The molecule has 3 amide bonds. The van der Waals surface area contributed by atoms with E-state index >= 15 is 0 Å². The second-order valence-corrected chi connectivity index (χ2v) is 3.80. The number of carbonyl (C=O) groups is 2. The van der Waals surface area contributed by atoms with Crippen LogP contribution in [0.4, 0.5) is 4.79 Å². The molecule has 0 aliphatic carbocycles. The van der Waals surface area contributed by atoms with Crippen molar-refractivity contribution >= 4 is 11.9 Å². The fourth-order valence-electron chi connectivity index (χ4n) is 1.81. The molecule has 0 saturated carbocycles. The van der Waals surface area contributed by atoms with E-state index in [0.717, 1.165) is 4.90 Å². The molecule has 72 valence electrons. The molecule has 2 heterocycles. The van der Waals surface area contributed by atoms with Crippen LogP contribution < -0.4 is 5.32 Å². The number of carbonyl (C=O) groups excluding carboxylic acids is 2. The lowest BCUT2D eigenvalue weighted by Crippen LogP contribution is -2.63. The van der Waals surface area contributed by atoms with Gasteiger partial charge in [-0.1, -0.05) is 0 Å². The highest BCUT2D eigenvalue weighted by atomic mass is 16.5. The smallest absolute Gasteiger partial charge is 0.324 e. The first-order chi connectivity index (χ1) is 6.05. The van der Waals surface area contributed by atoms with Crippen molar-refractivity contribution < 1.29 is 14.3 Å². The number of amides is 3. The molecule has 2 atom stereocenters. The first-order valence-corrected chi connectivity index (χ1v) is 4.22. The molecule has 2 saturated heterocycles. The number of nitrogens with one attached hydrogen (secondary N) is 1. The zero-order chi connectivity index (χ0) is 9.64. The van der Waals surface area contributed by atoms with Crippen LogP contribution in [0.15, 0.2) is 0 Å². The van der Waals surface area contributed by atoms with E-state index in [0.29, 0.717) is 13.2 Å². The quantitative estimate of drug-likeness (QED) is 0.556. The van der Waals surface area contributed by atoms with Crippen LogP contribution in [0.3, 0.4) is 0 Å². The maximum atomic E-state index is 11.7. The lowest BCUT2D eigenvalue weighted by molar-refractivity contribution is -0.139. The van der Waals surface area contributed by atoms with Crippen molar-refractivity contribution in [3.63, 3.8) is 0 Å². The van der Waals surface area contributed by atoms with Crippen molar-refractivity contribution in [1.82, 2.24) is 10.2 Å². The molecule has 0 bridgehead atoms. The number of imide groups is 1. The molecule has 2 fully saturated rings. The third-order valence-corrected chi connectivity index (χ3v) is 2.85. The fraction of sp³-hybridized carbons (Fsp3) is 0.750. The van der Waals surface area contributed by atoms with Crippen LogP contribution in [0.2, 0.25) is 0 Å². The second kappa shape index (κ2) is 2.45. The Bertz CT molecular complexity index is 279. The first-order valence-electron chi connectivity index (χ1n) is 4.22. The molecule has 13 heavy (non-hydrogen) atoms. The van der Waals surface area contributed by atoms with Crippen molar-refractivity contribution in [1.29, 1.82) is 0 Å². The van der Waals surface area contributed by atoms with Crippen LogP contribution in [0.5, 0.6) is 0 Å². The van der Waals surface area contributed by atoms with Crippen molar-refractivity contribution in [2.45, 2.75) is 13.0 Å². The van der Waals surface area contributed by atoms with E-state index in [2.05, 4.69) is 5.32 Å². The van der Waals surface area contributed by atoms with E-state index in [1.165, 1.54) is 7.05 Å². The molecule has 0 aromatic rings. The van der Waals surface area contributed by atoms with Gasteiger partial charge in [0.2, 0.25) is 5.91 Å². The predicted molar refractivity (Wildman–Crippen MR) is 44.0 cm³/mol. The molecule has 0 radical (unpaired) electrons. The minimum atomic E-state index is -0.567. The lowest BCUT2D eigenvalue weighted by atomic mass is 9.82. The van der Waals surface area contributed by atoms with Crippen molar-refractivity contribution in [2.75, 3.05) is 20.3 Å². The van der Waals surface area contributed by atoms with Crippen LogP contribution in [0, 0.1) is 5.41 Å². The van der Waals surface area contributed by atoms with Crippen molar-refractivity contribution in [3.8, 4) is 0 Å². The maximum Gasteiger partial charge on any atom is 0.324 e. The Morgan fingerprint density at radius 2 is 2.31 bits per heavy atom. The Morgan fingerprint density at radius 1 is 1.62 bits per heavy atom. The Kier molecular flexibility index (Phi) is 1.60. The number of urea groups is 1. The minimum absolute atomic E-state index is 0.154. The van der Waals surface area contributed by atoms with E-state index in [9.17, 15) is 9.59 Å². The summed E-state index contributed by atoms with van der Waals surface area (Å²) in [4.78, 5) is 24.1. The van der Waals surface area contributed by atoms with Crippen LogP contribution >= 0.6 is 0 Å². The molecule has 0 spiro atoms. The Balaban J connectivity index is 2.33. The van der Waals surface area contributed by atoms with Crippen LogP contribution in [0.1, 0.15) is 6.92 Å². The van der Waals surface area contributed by atoms with Crippen molar-refractivity contribution in [2.24, 2.45) is 5.41 Å². The molecule has 0 aromatic carbocycles. The summed E-state index contributed by atoms with van der Waals surface area (Å²) in [5.41, 5.74) is -0.567. The van der Waals surface area contributed by atoms with Gasteiger partial charge in [0, 0.05) is 7.05 Å². The van der Waals surface area contributed by atoms with Gasteiger partial charge >= 0.3 is 6.03 Å². The zero-order valence-electron chi connectivity index (χ0n) is 7.66. The molecule has 5 nitrogen and oxygen atoms in total. The molecular formula is C8H12N2O3. The topological polar surface area (TPSA) is 58.6 Å². The molecule has 2 aliphatic rings. The van der Waals surface area contributed by atoms with E-state index in [1.54, 1.807) is 0 Å². The van der Waals surface area contributed by atoms with Gasteiger partial charge in [0.15, 0.2) is 0 Å². The molecule has 2 unspecified atom stereocenters. The molecule has 5 heteroatoms. The monoisotopic (exact) mass is 184 g/mol. The molecular weight excluding hydrogens is 172 g/mol. The van der Waals surface area contributed by atoms with E-state index in [-0.39, 0.29) is 18.0 Å². The minimum Gasteiger partial charge on any atom is -0.378 e. The number of hydrogen-bond acceptors (Lipinski definition) is 3. The van der Waals surface area contributed by atoms with Gasteiger partial charge in [-0.2, -0.15) is 0 Å². The standard InChI is InChI=1S/C8H12N2O3/c1-8-4-13-3-5(8)9-7(12)10(2)6(8)11/h5H,3-4H2,1-2H3,(H,9,12). The largest absolute Gasteiger partial charge is 0.378 e. The van der Waals surface area contributed by atoms with E-state index in [1.807, 2.05) is 6.92 Å². The number of ether oxygens (including phenoxy) is 1. The zero-order valence-corrected chi connectivity index (χ0v) is 7.66. The fourth-order valence-corrected chi connectivity index (χ4v) is 1.81. The van der Waals surface area contributed by atoms with Gasteiger partial charge in [0.25, 0.3) is 0 Å². The van der Waals surface area contributed by atoms with Crippen LogP contribution in [-0.2, 0) is 9.53 Å². The maximum absolute atomic E-state index is 11.7. The highest BCUT2D eigenvalue weighted by molar-refractivity contribution is 6.00. The van der Waals surface area contributed by atoms with Crippen LogP contribution in [0.25, 0.3) is 0 Å². The molecule has 2 aliphatic heterocycles. The second-order valence-electron chi connectivity index (χ2n) is 3.80. The Labute approximate surface area is 76.0 Å². The summed E-state index contributed by atoms with van der Waals surface area (Å²) in [5, 5.41) is 2.74. The highest BCUT2D eigenvalue weighted by Crippen LogP contribution is 2.33.